The van der Waals surface area contributed by atoms with Crippen LogP contribution in [0.4, 0.5) is 26.3 Å². The maximum absolute atomic E-state index is 14.6. The Morgan fingerprint density at radius 2 is 1.62 bits per heavy atom. The van der Waals surface area contributed by atoms with Gasteiger partial charge in [-0.25, -0.2) is 18.1 Å². The van der Waals surface area contributed by atoms with E-state index < -0.39 is 39.9 Å². The Balaban J connectivity index is 1.53. The number of pyridine rings is 1. The number of hydrogen-bond acceptors (Lipinski definition) is 7. The first kappa shape index (κ1) is 37.7. The van der Waals surface area contributed by atoms with Gasteiger partial charge < -0.3 is 10.1 Å². The zero-order valence-electron chi connectivity index (χ0n) is 28.1. The molecule has 3 heterocycles. The van der Waals surface area contributed by atoms with E-state index >= 15 is 0 Å². The summed E-state index contributed by atoms with van der Waals surface area (Å²) >= 11 is 0. The molecule has 1 unspecified atom stereocenters. The van der Waals surface area contributed by atoms with E-state index in [2.05, 4.69) is 19.9 Å². The minimum absolute atomic E-state index is 0.00524. The molecule has 1 atom stereocenters. The van der Waals surface area contributed by atoms with E-state index in [4.69, 9.17) is 4.74 Å². The number of likely N-dealkylation sites (tertiary alicyclic amines) is 1. The number of halogens is 6. The number of ether oxygens (including phenoxy) is 1. The second-order valence-corrected chi connectivity index (χ2v) is 14.7. The van der Waals surface area contributed by atoms with E-state index in [-0.39, 0.29) is 56.3 Å². The Labute approximate surface area is 297 Å². The lowest BCUT2D eigenvalue weighted by molar-refractivity contribution is -0.155. The minimum Gasteiger partial charge on any atom is -0.379 e. The van der Waals surface area contributed by atoms with Gasteiger partial charge in [-0.15, -0.1) is 0 Å². The van der Waals surface area contributed by atoms with Crippen molar-refractivity contribution in [3.8, 4) is 11.3 Å². The third-order valence-electron chi connectivity index (χ3n) is 9.56. The quantitative estimate of drug-likeness (QED) is 0.198. The molecule has 0 bridgehead atoms. The van der Waals surface area contributed by atoms with Crippen LogP contribution >= 0.6 is 0 Å². The minimum atomic E-state index is -4.94. The third kappa shape index (κ3) is 8.26. The second kappa shape index (κ2) is 15.1. The van der Waals surface area contributed by atoms with E-state index in [9.17, 15) is 39.6 Å². The molecule has 4 aromatic rings. The Morgan fingerprint density at radius 3 is 2.25 bits per heavy atom. The number of morpholine rings is 1. The molecule has 1 aromatic heterocycles. The highest BCUT2D eigenvalue weighted by molar-refractivity contribution is 7.89. The van der Waals surface area contributed by atoms with E-state index in [1.54, 1.807) is 0 Å². The molecule has 2 saturated heterocycles. The number of alkyl halides is 6. The molecule has 0 spiro atoms. The topological polar surface area (TPSA) is 104 Å². The first-order valence-electron chi connectivity index (χ1n) is 16.7. The summed E-state index contributed by atoms with van der Waals surface area (Å²) in [7, 11) is -2.92. The SMILES string of the molecule is CNS(=O)(=O)c1ccc2nc(-c3cccc(C(F)(F)F)c3)c(CN3CCC(N4CCOCC4)CC3)c(C(=O)NC(c3ccccc3)C(F)(F)F)c2c1. The number of rotatable bonds is 9. The smallest absolute Gasteiger partial charge is 0.379 e. The molecule has 2 fully saturated rings. The highest BCUT2D eigenvalue weighted by Crippen LogP contribution is 2.38. The highest BCUT2D eigenvalue weighted by atomic mass is 32.2. The summed E-state index contributed by atoms with van der Waals surface area (Å²) in [5.41, 5.74) is -1.51. The molecule has 3 aromatic carbocycles. The van der Waals surface area contributed by atoms with Crippen molar-refractivity contribution in [2.24, 2.45) is 0 Å². The van der Waals surface area contributed by atoms with Crippen molar-refractivity contribution in [3.63, 3.8) is 0 Å². The van der Waals surface area contributed by atoms with Crippen LogP contribution in [-0.4, -0.2) is 87.8 Å². The maximum Gasteiger partial charge on any atom is 0.416 e. The predicted molar refractivity (Wildman–Crippen MR) is 182 cm³/mol. The average Bonchev–Trinajstić information content (AvgIpc) is 3.13. The van der Waals surface area contributed by atoms with Gasteiger partial charge in [0.15, 0.2) is 6.04 Å². The first-order valence-corrected chi connectivity index (χ1v) is 18.2. The number of nitrogens with zero attached hydrogens (tertiary/aromatic N) is 3. The fraction of sp³-hybridized carbons (Fsp3) is 0.389. The lowest BCUT2D eigenvalue weighted by Gasteiger charge is -2.40. The molecular formula is C36H37F6N5O4S. The molecule has 1 amide bonds. The third-order valence-corrected chi connectivity index (χ3v) is 11.0. The fourth-order valence-electron chi connectivity index (χ4n) is 6.87. The molecule has 0 radical (unpaired) electrons. The Kier molecular flexibility index (Phi) is 10.9. The number of benzene rings is 3. The van der Waals surface area contributed by atoms with Crippen LogP contribution in [-0.2, 0) is 27.5 Å². The van der Waals surface area contributed by atoms with Crippen LogP contribution in [0.25, 0.3) is 22.2 Å². The summed E-state index contributed by atoms with van der Waals surface area (Å²) < 4.78 is 119. The number of piperidine rings is 1. The fourth-order valence-corrected chi connectivity index (χ4v) is 7.63. The summed E-state index contributed by atoms with van der Waals surface area (Å²) in [6.07, 6.45) is -8.20. The molecule has 6 rings (SSSR count). The zero-order chi connectivity index (χ0) is 37.3. The Bertz CT molecular complexity index is 2010. The molecule has 0 saturated carbocycles. The number of amides is 1. The monoisotopic (exact) mass is 749 g/mol. The van der Waals surface area contributed by atoms with Crippen molar-refractivity contribution in [1.29, 1.82) is 0 Å². The Morgan fingerprint density at radius 1 is 0.923 bits per heavy atom. The van der Waals surface area contributed by atoms with Gasteiger partial charge >= 0.3 is 12.4 Å². The number of carbonyl (C=O) groups excluding carboxylic acids is 1. The van der Waals surface area contributed by atoms with Crippen LogP contribution in [0.15, 0.2) is 77.7 Å². The number of hydrogen-bond donors (Lipinski definition) is 2. The number of aromatic nitrogens is 1. The normalized spacial score (nSPS) is 17.7. The molecule has 2 N–H and O–H groups in total. The second-order valence-electron chi connectivity index (χ2n) is 12.8. The summed E-state index contributed by atoms with van der Waals surface area (Å²) in [6, 6.07) is 12.5. The van der Waals surface area contributed by atoms with Gasteiger partial charge in [0.2, 0.25) is 10.0 Å². The molecule has 2 aliphatic rings. The van der Waals surface area contributed by atoms with Gasteiger partial charge in [0.05, 0.1) is 40.4 Å². The molecule has 16 heteroatoms. The lowest BCUT2D eigenvalue weighted by Crippen LogP contribution is -2.48. The van der Waals surface area contributed by atoms with Crippen molar-refractivity contribution < 1.29 is 44.3 Å². The van der Waals surface area contributed by atoms with Crippen LogP contribution < -0.4 is 10.0 Å². The van der Waals surface area contributed by atoms with Gasteiger partial charge in [0.1, 0.15) is 0 Å². The van der Waals surface area contributed by atoms with Crippen LogP contribution in [0.5, 0.6) is 0 Å². The molecule has 2 aliphatic heterocycles. The zero-order valence-corrected chi connectivity index (χ0v) is 28.9. The Hall–Kier alpha value is -4.09. The van der Waals surface area contributed by atoms with Gasteiger partial charge in [-0.3, -0.25) is 14.6 Å². The van der Waals surface area contributed by atoms with Crippen molar-refractivity contribution in [1.82, 2.24) is 24.8 Å². The molecular weight excluding hydrogens is 712 g/mol. The van der Waals surface area contributed by atoms with Crippen LogP contribution in [0.3, 0.4) is 0 Å². The lowest BCUT2D eigenvalue weighted by atomic mass is 9.93. The summed E-state index contributed by atoms with van der Waals surface area (Å²) in [5, 5.41) is 2.05. The largest absolute Gasteiger partial charge is 0.416 e. The maximum atomic E-state index is 14.6. The molecule has 9 nitrogen and oxygen atoms in total. The van der Waals surface area contributed by atoms with Crippen LogP contribution in [0.2, 0.25) is 0 Å². The van der Waals surface area contributed by atoms with Gasteiger partial charge in [0.25, 0.3) is 5.91 Å². The van der Waals surface area contributed by atoms with Gasteiger partial charge in [-0.05, 0) is 68.9 Å². The van der Waals surface area contributed by atoms with Crippen molar-refractivity contribution in [2.45, 2.75) is 48.7 Å². The van der Waals surface area contributed by atoms with E-state index in [1.165, 1.54) is 61.6 Å². The molecule has 278 valence electrons. The molecule has 52 heavy (non-hydrogen) atoms. The number of fused-ring (bicyclic) bond motifs is 1. The van der Waals surface area contributed by atoms with E-state index in [1.807, 2.05) is 4.90 Å². The summed E-state index contributed by atoms with van der Waals surface area (Å²) in [6.45, 7) is 3.78. The average molecular weight is 750 g/mol. The summed E-state index contributed by atoms with van der Waals surface area (Å²) in [4.78, 5) is 23.1. The number of nitrogens with one attached hydrogen (secondary N) is 2. The number of sulfonamides is 1. The van der Waals surface area contributed by atoms with Crippen molar-refractivity contribution in [2.75, 3.05) is 46.4 Å². The van der Waals surface area contributed by atoms with Gasteiger partial charge in [0, 0.05) is 42.2 Å². The van der Waals surface area contributed by atoms with Crippen molar-refractivity contribution in [3.05, 3.63) is 95.1 Å². The predicted octanol–water partition coefficient (Wildman–Crippen LogP) is 6.16. The van der Waals surface area contributed by atoms with Gasteiger partial charge in [-0.2, -0.15) is 26.3 Å². The van der Waals surface area contributed by atoms with Crippen molar-refractivity contribution >= 4 is 26.8 Å². The highest BCUT2D eigenvalue weighted by Gasteiger charge is 2.43. The standard InChI is InChI=1S/C36H37F6N5O4S/c1-43-52(49,50)27-10-11-30-28(21-27)31(34(48)45-33(36(40,41)42)23-6-3-2-4-7-23)29(32(44-30)24-8-5-9-25(20-24)35(37,38)39)22-46-14-12-26(13-15-46)47-16-18-51-19-17-47/h2-11,20-21,26,33,43H,12-19,22H2,1H3,(H,45,48). The molecule has 0 aliphatic carbocycles. The summed E-state index contributed by atoms with van der Waals surface area (Å²) in [5.74, 6) is -1.19. The van der Waals surface area contributed by atoms with Crippen LogP contribution in [0.1, 0.15) is 45.9 Å². The number of carbonyl (C=O) groups is 1. The van der Waals surface area contributed by atoms with E-state index in [0.717, 1.165) is 44.1 Å². The van der Waals surface area contributed by atoms with Gasteiger partial charge in [-0.1, -0.05) is 42.5 Å². The van der Waals surface area contributed by atoms with E-state index in [0.29, 0.717) is 26.3 Å². The van der Waals surface area contributed by atoms with Crippen LogP contribution in [0, 0.1) is 0 Å². The first-order chi connectivity index (χ1) is 24.7.